The Kier molecular flexibility index (Phi) is 5.90. The number of carbonyl (C=O) groups is 3. The molecule has 1 N–H and O–H groups in total. The predicted molar refractivity (Wildman–Crippen MR) is 113 cm³/mol. The van der Waals surface area contributed by atoms with Gasteiger partial charge in [0.15, 0.2) is 11.6 Å². The van der Waals surface area contributed by atoms with Crippen molar-refractivity contribution >= 4 is 24.0 Å². The first-order valence-electron chi connectivity index (χ1n) is 10.7. The second-order valence-electron chi connectivity index (χ2n) is 8.72. The standard InChI is InChI=1S/C24H26FNO6/c1-12(8-14-5-6-18(27)17(25)10-14)4-7-19-20-13(2)9-15-21(16(20)11-32-19)23(29)26(22(15)28)24(30)31-3/h5-6,8,10,15-16,19,21,27H,4,7,9,11H2,1-3H3/b12-8+/t15-,16+,19-,21-/m1/s1. The molecule has 0 radical (unpaired) electrons. The van der Waals surface area contributed by atoms with Crippen molar-refractivity contribution in [2.75, 3.05) is 13.7 Å². The molecule has 0 saturated carbocycles. The number of imide groups is 3. The molecule has 8 heteroatoms. The van der Waals surface area contributed by atoms with Gasteiger partial charge in [0.2, 0.25) is 11.8 Å². The number of ether oxygens (including phenoxy) is 2. The number of phenols is 1. The second-order valence-corrected chi connectivity index (χ2v) is 8.72. The molecule has 1 aromatic rings. The molecule has 2 heterocycles. The molecule has 0 bridgehead atoms. The third-order valence-corrected chi connectivity index (χ3v) is 6.70. The molecule has 2 aliphatic heterocycles. The molecule has 3 aliphatic rings. The third kappa shape index (κ3) is 3.72. The third-order valence-electron chi connectivity index (χ3n) is 6.70. The van der Waals surface area contributed by atoms with Crippen molar-refractivity contribution < 1.29 is 33.4 Å². The monoisotopic (exact) mass is 443 g/mol. The van der Waals surface area contributed by atoms with Gasteiger partial charge in [-0.2, -0.15) is 4.90 Å². The van der Waals surface area contributed by atoms with Crippen LogP contribution in [0, 0.1) is 23.6 Å². The topological polar surface area (TPSA) is 93.1 Å². The molecule has 2 fully saturated rings. The Bertz CT molecular complexity index is 1040. The molecule has 170 valence electrons. The van der Waals surface area contributed by atoms with Gasteiger partial charge in [-0.25, -0.2) is 9.18 Å². The van der Waals surface area contributed by atoms with Crippen molar-refractivity contribution in [2.45, 2.75) is 39.2 Å². The number of hydrogen-bond donors (Lipinski definition) is 1. The van der Waals surface area contributed by atoms with Gasteiger partial charge >= 0.3 is 6.09 Å². The lowest BCUT2D eigenvalue weighted by Gasteiger charge is -2.30. The highest BCUT2D eigenvalue weighted by molar-refractivity contribution is 6.16. The van der Waals surface area contributed by atoms with Crippen molar-refractivity contribution in [1.29, 1.82) is 0 Å². The van der Waals surface area contributed by atoms with Gasteiger partial charge in [0.1, 0.15) is 0 Å². The van der Waals surface area contributed by atoms with E-state index in [1.165, 1.54) is 12.1 Å². The summed E-state index contributed by atoms with van der Waals surface area (Å²) in [4.78, 5) is 38.2. The lowest BCUT2D eigenvalue weighted by atomic mass is 9.70. The number of benzene rings is 1. The molecule has 0 unspecified atom stereocenters. The molecule has 1 aliphatic carbocycles. The molecule has 0 spiro atoms. The Hall–Kier alpha value is -3.00. The molecule has 7 nitrogen and oxygen atoms in total. The number of likely N-dealkylation sites (tertiary alicyclic amines) is 1. The molecular formula is C24H26FNO6. The van der Waals surface area contributed by atoms with Crippen LogP contribution in [0.25, 0.3) is 6.08 Å². The van der Waals surface area contributed by atoms with E-state index in [1.807, 2.05) is 19.9 Å². The smallest absolute Gasteiger partial charge is 0.423 e. The van der Waals surface area contributed by atoms with Gasteiger partial charge in [0.05, 0.1) is 31.7 Å². The van der Waals surface area contributed by atoms with Crippen molar-refractivity contribution in [3.05, 3.63) is 46.3 Å². The van der Waals surface area contributed by atoms with E-state index in [0.29, 0.717) is 36.3 Å². The number of amides is 3. The number of nitrogens with zero attached hydrogens (tertiary/aromatic N) is 1. The number of fused-ring (bicyclic) bond motifs is 3. The Balaban J connectivity index is 1.48. The maximum atomic E-state index is 13.6. The van der Waals surface area contributed by atoms with E-state index in [2.05, 4.69) is 4.74 Å². The van der Waals surface area contributed by atoms with Crippen LogP contribution in [0.4, 0.5) is 9.18 Å². The Morgan fingerprint density at radius 3 is 2.75 bits per heavy atom. The normalized spacial score (nSPS) is 27.6. The summed E-state index contributed by atoms with van der Waals surface area (Å²) in [7, 11) is 1.15. The van der Waals surface area contributed by atoms with E-state index < -0.39 is 35.6 Å². The molecular weight excluding hydrogens is 417 g/mol. The minimum atomic E-state index is -0.935. The van der Waals surface area contributed by atoms with E-state index in [0.717, 1.165) is 23.8 Å². The number of phenolic OH excluding ortho intramolecular Hbond substituents is 1. The van der Waals surface area contributed by atoms with Gasteiger partial charge in [-0.1, -0.05) is 23.3 Å². The van der Waals surface area contributed by atoms with Gasteiger partial charge < -0.3 is 14.6 Å². The minimum absolute atomic E-state index is 0.170. The molecule has 2 saturated heterocycles. The Morgan fingerprint density at radius 1 is 1.31 bits per heavy atom. The van der Waals surface area contributed by atoms with Gasteiger partial charge in [-0.05, 0) is 56.4 Å². The summed E-state index contributed by atoms with van der Waals surface area (Å²) in [6.45, 7) is 4.24. The summed E-state index contributed by atoms with van der Waals surface area (Å²) in [5.74, 6) is -3.41. The average Bonchev–Trinajstić information content (AvgIpc) is 3.28. The van der Waals surface area contributed by atoms with Gasteiger partial charge in [-0.15, -0.1) is 0 Å². The molecule has 4 rings (SSSR count). The highest BCUT2D eigenvalue weighted by atomic mass is 19.1. The second kappa shape index (κ2) is 8.50. The number of halogens is 1. The summed E-state index contributed by atoms with van der Waals surface area (Å²) >= 11 is 0. The maximum Gasteiger partial charge on any atom is 0.423 e. The van der Waals surface area contributed by atoms with E-state index in [4.69, 9.17) is 4.74 Å². The summed E-state index contributed by atoms with van der Waals surface area (Å²) in [5, 5.41) is 9.33. The highest BCUT2D eigenvalue weighted by Crippen LogP contribution is 2.49. The maximum absolute atomic E-state index is 13.6. The number of carbonyl (C=O) groups excluding carboxylic acids is 3. The van der Waals surface area contributed by atoms with Crippen molar-refractivity contribution in [1.82, 2.24) is 4.90 Å². The Labute approximate surface area is 185 Å². The summed E-state index contributed by atoms with van der Waals surface area (Å²) < 4.78 is 24.2. The van der Waals surface area contributed by atoms with E-state index in [-0.39, 0.29) is 17.8 Å². The van der Waals surface area contributed by atoms with Gasteiger partial charge in [0, 0.05) is 5.92 Å². The van der Waals surface area contributed by atoms with Crippen LogP contribution in [0.15, 0.2) is 34.9 Å². The summed E-state index contributed by atoms with van der Waals surface area (Å²) in [6, 6.07) is 4.25. The summed E-state index contributed by atoms with van der Waals surface area (Å²) in [6.07, 6.45) is 2.57. The number of hydrogen-bond acceptors (Lipinski definition) is 6. The predicted octanol–water partition coefficient (Wildman–Crippen LogP) is 3.82. The fourth-order valence-corrected chi connectivity index (χ4v) is 5.23. The Morgan fingerprint density at radius 2 is 2.06 bits per heavy atom. The fraction of sp³-hybridized carbons (Fsp3) is 0.458. The molecule has 4 atom stereocenters. The van der Waals surface area contributed by atoms with E-state index in [1.54, 1.807) is 6.07 Å². The zero-order valence-corrected chi connectivity index (χ0v) is 18.3. The minimum Gasteiger partial charge on any atom is -0.505 e. The first-order valence-corrected chi connectivity index (χ1v) is 10.7. The number of aromatic hydroxyl groups is 1. The lowest BCUT2D eigenvalue weighted by Crippen LogP contribution is -2.37. The SMILES string of the molecule is COC(=O)N1C(=O)[C@@H]2[C@@H](CC(C)=C3[C@@H](CC/C(C)=C/c4ccc(O)c(F)c4)OC[C@@H]32)C1=O. The average molecular weight is 443 g/mol. The van der Waals surface area contributed by atoms with Crippen LogP contribution in [-0.2, 0) is 19.1 Å². The number of allylic oxidation sites excluding steroid dienone is 2. The zero-order valence-electron chi connectivity index (χ0n) is 18.3. The number of rotatable bonds is 4. The molecule has 3 amide bonds. The fourth-order valence-electron chi connectivity index (χ4n) is 5.23. The van der Waals surface area contributed by atoms with Crippen LogP contribution in [0.2, 0.25) is 0 Å². The van der Waals surface area contributed by atoms with Crippen LogP contribution >= 0.6 is 0 Å². The van der Waals surface area contributed by atoms with Crippen LogP contribution in [0.5, 0.6) is 5.75 Å². The highest BCUT2D eigenvalue weighted by Gasteiger charge is 2.58. The largest absolute Gasteiger partial charge is 0.505 e. The zero-order chi connectivity index (χ0) is 23.2. The summed E-state index contributed by atoms with van der Waals surface area (Å²) in [5.41, 5.74) is 3.78. The first-order chi connectivity index (χ1) is 15.2. The van der Waals surface area contributed by atoms with Crippen LogP contribution < -0.4 is 0 Å². The quantitative estimate of drug-likeness (QED) is 0.562. The molecule has 32 heavy (non-hydrogen) atoms. The van der Waals surface area contributed by atoms with E-state index in [9.17, 15) is 23.9 Å². The first kappa shape index (κ1) is 22.2. The van der Waals surface area contributed by atoms with Crippen LogP contribution in [0.1, 0.15) is 38.7 Å². The van der Waals surface area contributed by atoms with Crippen LogP contribution in [-0.4, -0.2) is 47.7 Å². The van der Waals surface area contributed by atoms with Crippen molar-refractivity contribution in [3.63, 3.8) is 0 Å². The van der Waals surface area contributed by atoms with E-state index >= 15 is 0 Å². The number of methoxy groups -OCH3 is 1. The lowest BCUT2D eigenvalue weighted by molar-refractivity contribution is -0.137. The molecule has 1 aromatic carbocycles. The molecule has 0 aromatic heterocycles. The van der Waals surface area contributed by atoms with Gasteiger partial charge in [-0.3, -0.25) is 9.59 Å². The van der Waals surface area contributed by atoms with Crippen molar-refractivity contribution in [2.24, 2.45) is 17.8 Å². The van der Waals surface area contributed by atoms with Gasteiger partial charge in [0.25, 0.3) is 0 Å². The van der Waals surface area contributed by atoms with Crippen LogP contribution in [0.3, 0.4) is 0 Å². The van der Waals surface area contributed by atoms with Crippen molar-refractivity contribution in [3.8, 4) is 5.75 Å².